The fraction of sp³-hybridized carbons (Fsp3) is 0.417. The molecule has 1 aromatic rings. The van der Waals surface area contributed by atoms with Gasteiger partial charge in [-0.15, -0.1) is 0 Å². The number of benzene rings is 1. The normalized spacial score (nSPS) is 12.4. The summed E-state index contributed by atoms with van der Waals surface area (Å²) in [5.41, 5.74) is 1.84. The summed E-state index contributed by atoms with van der Waals surface area (Å²) in [4.78, 5) is 11.2. The van der Waals surface area contributed by atoms with Crippen molar-refractivity contribution in [2.45, 2.75) is 19.3 Å². The van der Waals surface area contributed by atoms with Crippen LogP contribution in [0.4, 0.5) is 0 Å². The van der Waals surface area contributed by atoms with E-state index in [9.17, 15) is 9.90 Å². The molecule has 1 atom stereocenters. The minimum atomic E-state index is -0.807. The van der Waals surface area contributed by atoms with Crippen LogP contribution in [-0.2, 0) is 9.53 Å². The molecule has 1 aromatic carbocycles. The molecule has 1 N–H and O–H groups in total. The molecule has 0 fully saturated rings. The van der Waals surface area contributed by atoms with E-state index >= 15 is 0 Å². The predicted molar refractivity (Wildman–Crippen MR) is 65.7 cm³/mol. The van der Waals surface area contributed by atoms with Crippen LogP contribution in [-0.4, -0.2) is 24.8 Å². The molecule has 0 amide bonds. The number of halogens is 1. The highest BCUT2D eigenvalue weighted by molar-refractivity contribution is 9.10. The number of hydrogen-bond acceptors (Lipinski definition) is 2. The van der Waals surface area contributed by atoms with Gasteiger partial charge in [0, 0.05) is 18.2 Å². The summed E-state index contributed by atoms with van der Waals surface area (Å²) in [6.45, 7) is 2.37. The number of hydrogen-bond donors (Lipinski definition) is 1. The minimum Gasteiger partial charge on any atom is -0.481 e. The number of rotatable bonds is 5. The smallest absolute Gasteiger partial charge is 0.311 e. The Balaban J connectivity index is 3.00. The number of carboxylic acid groups (broad SMARTS) is 1. The SMILES string of the molecule is COCCC(C(=O)O)c1cc(Br)ccc1C. The summed E-state index contributed by atoms with van der Waals surface area (Å²) in [5, 5.41) is 9.20. The van der Waals surface area contributed by atoms with E-state index in [4.69, 9.17) is 4.74 Å². The lowest BCUT2D eigenvalue weighted by atomic mass is 9.92. The van der Waals surface area contributed by atoms with Gasteiger partial charge in [0.05, 0.1) is 5.92 Å². The van der Waals surface area contributed by atoms with Gasteiger partial charge >= 0.3 is 5.97 Å². The maximum atomic E-state index is 11.2. The molecule has 0 spiro atoms. The summed E-state index contributed by atoms with van der Waals surface area (Å²) in [6, 6.07) is 5.69. The first-order valence-electron chi connectivity index (χ1n) is 5.04. The highest BCUT2D eigenvalue weighted by Gasteiger charge is 2.21. The van der Waals surface area contributed by atoms with E-state index in [1.165, 1.54) is 0 Å². The van der Waals surface area contributed by atoms with E-state index in [-0.39, 0.29) is 0 Å². The van der Waals surface area contributed by atoms with Crippen molar-refractivity contribution in [3.8, 4) is 0 Å². The van der Waals surface area contributed by atoms with E-state index in [2.05, 4.69) is 15.9 Å². The Morgan fingerprint density at radius 1 is 1.56 bits per heavy atom. The summed E-state index contributed by atoms with van der Waals surface area (Å²) >= 11 is 3.36. The Morgan fingerprint density at radius 3 is 2.81 bits per heavy atom. The van der Waals surface area contributed by atoms with Gasteiger partial charge in [-0.3, -0.25) is 4.79 Å². The topological polar surface area (TPSA) is 46.5 Å². The molecule has 0 aliphatic carbocycles. The molecule has 0 saturated heterocycles. The van der Waals surface area contributed by atoms with Gasteiger partial charge in [-0.2, -0.15) is 0 Å². The van der Waals surface area contributed by atoms with Crippen molar-refractivity contribution in [2.24, 2.45) is 0 Å². The van der Waals surface area contributed by atoms with Crippen LogP contribution >= 0.6 is 15.9 Å². The number of carbonyl (C=O) groups is 1. The average Bonchev–Trinajstić information content (AvgIpc) is 2.23. The minimum absolute atomic E-state index is 0.447. The summed E-state index contributed by atoms with van der Waals surface area (Å²) in [6.07, 6.45) is 0.489. The maximum absolute atomic E-state index is 11.2. The zero-order chi connectivity index (χ0) is 12.1. The molecular weight excluding hydrogens is 272 g/mol. The van der Waals surface area contributed by atoms with Gasteiger partial charge in [-0.05, 0) is 36.6 Å². The van der Waals surface area contributed by atoms with Crippen molar-refractivity contribution in [2.75, 3.05) is 13.7 Å². The lowest BCUT2D eigenvalue weighted by Crippen LogP contribution is -2.15. The largest absolute Gasteiger partial charge is 0.481 e. The number of carboxylic acids is 1. The first-order valence-corrected chi connectivity index (χ1v) is 5.83. The lowest BCUT2D eigenvalue weighted by molar-refractivity contribution is -0.139. The Labute approximate surface area is 104 Å². The molecule has 0 saturated carbocycles. The van der Waals surface area contributed by atoms with Crippen LogP contribution in [0.1, 0.15) is 23.5 Å². The molecule has 16 heavy (non-hydrogen) atoms. The van der Waals surface area contributed by atoms with Gasteiger partial charge < -0.3 is 9.84 Å². The molecule has 0 aromatic heterocycles. The Hall–Kier alpha value is -0.870. The van der Waals surface area contributed by atoms with Crippen molar-refractivity contribution in [3.63, 3.8) is 0 Å². The van der Waals surface area contributed by atoms with Gasteiger partial charge in [0.1, 0.15) is 0 Å². The maximum Gasteiger partial charge on any atom is 0.311 e. The molecule has 1 rings (SSSR count). The summed E-state index contributed by atoms with van der Waals surface area (Å²) < 4.78 is 5.84. The first-order chi connectivity index (χ1) is 7.56. The zero-order valence-electron chi connectivity index (χ0n) is 9.37. The number of aryl methyl sites for hydroxylation is 1. The Kier molecular flexibility index (Phi) is 4.96. The number of ether oxygens (including phenoxy) is 1. The first kappa shape index (κ1) is 13.2. The average molecular weight is 287 g/mol. The lowest BCUT2D eigenvalue weighted by Gasteiger charge is -2.15. The van der Waals surface area contributed by atoms with Gasteiger partial charge in [0.25, 0.3) is 0 Å². The van der Waals surface area contributed by atoms with Crippen molar-refractivity contribution in [1.29, 1.82) is 0 Å². The summed E-state index contributed by atoms with van der Waals surface area (Å²) in [5.74, 6) is -1.31. The van der Waals surface area contributed by atoms with Crippen LogP contribution in [0.25, 0.3) is 0 Å². The Morgan fingerprint density at radius 2 is 2.25 bits per heavy atom. The van der Waals surface area contributed by atoms with Crippen molar-refractivity contribution < 1.29 is 14.6 Å². The number of methoxy groups -OCH3 is 1. The highest BCUT2D eigenvalue weighted by Crippen LogP contribution is 2.26. The van der Waals surface area contributed by atoms with Crippen molar-refractivity contribution in [3.05, 3.63) is 33.8 Å². The zero-order valence-corrected chi connectivity index (χ0v) is 11.0. The van der Waals surface area contributed by atoms with Crippen LogP contribution in [0.3, 0.4) is 0 Å². The molecule has 3 nitrogen and oxygen atoms in total. The molecule has 4 heteroatoms. The predicted octanol–water partition coefficient (Wildman–Crippen LogP) is 2.96. The third-order valence-corrected chi connectivity index (χ3v) is 3.02. The molecule has 0 radical (unpaired) electrons. The van der Waals surface area contributed by atoms with Crippen LogP contribution in [0.5, 0.6) is 0 Å². The van der Waals surface area contributed by atoms with Crippen LogP contribution < -0.4 is 0 Å². The van der Waals surface area contributed by atoms with Crippen LogP contribution in [0, 0.1) is 6.92 Å². The third kappa shape index (κ3) is 3.32. The molecule has 0 heterocycles. The van der Waals surface area contributed by atoms with Crippen LogP contribution in [0.2, 0.25) is 0 Å². The standard InChI is InChI=1S/C12H15BrO3/c1-8-3-4-9(13)7-11(8)10(12(14)15)5-6-16-2/h3-4,7,10H,5-6H2,1-2H3,(H,14,15). The van der Waals surface area contributed by atoms with Gasteiger partial charge in [-0.25, -0.2) is 0 Å². The monoisotopic (exact) mass is 286 g/mol. The molecule has 1 unspecified atom stereocenters. The van der Waals surface area contributed by atoms with E-state index < -0.39 is 11.9 Å². The molecule has 88 valence electrons. The Bertz CT molecular complexity index is 377. The van der Waals surface area contributed by atoms with Crippen molar-refractivity contribution in [1.82, 2.24) is 0 Å². The van der Waals surface area contributed by atoms with E-state index in [0.29, 0.717) is 13.0 Å². The second kappa shape index (κ2) is 6.01. The van der Waals surface area contributed by atoms with E-state index in [1.54, 1.807) is 7.11 Å². The fourth-order valence-corrected chi connectivity index (χ4v) is 2.01. The summed E-state index contributed by atoms with van der Waals surface area (Å²) in [7, 11) is 1.58. The van der Waals surface area contributed by atoms with E-state index in [1.807, 2.05) is 25.1 Å². The quantitative estimate of drug-likeness (QED) is 0.905. The fourth-order valence-electron chi connectivity index (χ4n) is 1.63. The second-order valence-electron chi connectivity index (χ2n) is 3.67. The van der Waals surface area contributed by atoms with Crippen LogP contribution in [0.15, 0.2) is 22.7 Å². The highest BCUT2D eigenvalue weighted by atomic mass is 79.9. The van der Waals surface area contributed by atoms with Gasteiger partial charge in [-0.1, -0.05) is 22.0 Å². The van der Waals surface area contributed by atoms with Gasteiger partial charge in [0.15, 0.2) is 0 Å². The van der Waals surface area contributed by atoms with Crippen molar-refractivity contribution >= 4 is 21.9 Å². The molecule has 0 bridgehead atoms. The second-order valence-corrected chi connectivity index (χ2v) is 4.59. The van der Waals surface area contributed by atoms with Gasteiger partial charge in [0.2, 0.25) is 0 Å². The molecule has 0 aliphatic rings. The third-order valence-electron chi connectivity index (χ3n) is 2.53. The molecular formula is C12H15BrO3. The number of aliphatic carboxylic acids is 1. The molecule has 0 aliphatic heterocycles. The van der Waals surface area contributed by atoms with E-state index in [0.717, 1.165) is 15.6 Å².